The Balaban J connectivity index is 1.45. The second kappa shape index (κ2) is 9.00. The first-order chi connectivity index (χ1) is 13.3. The molecule has 2 aromatic carbocycles. The van der Waals surface area contributed by atoms with Gasteiger partial charge in [-0.2, -0.15) is 0 Å². The Morgan fingerprint density at radius 2 is 1.96 bits per heavy atom. The lowest BCUT2D eigenvalue weighted by atomic mass is 9.99. The minimum absolute atomic E-state index is 0.120. The van der Waals surface area contributed by atoms with Crippen molar-refractivity contribution in [3.8, 4) is 0 Å². The number of benzene rings is 2. The average Bonchev–Trinajstić information content (AvgIpc) is 2.67. The average molecular weight is 425 g/mol. The first kappa shape index (κ1) is 20.7. The predicted octanol–water partition coefficient (Wildman–Crippen LogP) is 3.26. The van der Waals surface area contributed by atoms with Gasteiger partial charge in [0.05, 0.1) is 9.80 Å². The first-order valence-corrected chi connectivity index (χ1v) is 11.0. The number of sulfonamides is 1. The van der Waals surface area contributed by atoms with Gasteiger partial charge in [-0.05, 0) is 55.1 Å². The van der Waals surface area contributed by atoms with Crippen molar-refractivity contribution >= 4 is 27.3 Å². The Morgan fingerprint density at radius 1 is 1.14 bits per heavy atom. The van der Waals surface area contributed by atoms with E-state index >= 15 is 0 Å². The van der Waals surface area contributed by atoms with E-state index in [0.717, 1.165) is 31.5 Å². The van der Waals surface area contributed by atoms with Crippen LogP contribution < -0.4 is 4.72 Å². The number of fused-ring (bicyclic) bond motifs is 1. The maximum Gasteiger partial charge on any atom is 0.316 e. The zero-order chi connectivity index (χ0) is 20.1. The van der Waals surface area contributed by atoms with Crippen molar-refractivity contribution in [1.29, 1.82) is 0 Å². The number of nitrogens with zero attached hydrogens (tertiary/aromatic N) is 2. The smallest absolute Gasteiger partial charge is 0.299 e. The van der Waals surface area contributed by atoms with E-state index in [2.05, 4.69) is 9.62 Å². The SMILES string of the molecule is O=[N+](O)c1ccc2c(c1)CN(CCCCNS(=O)(=O)c1cccc(Cl)c1)CC2. The highest BCUT2D eigenvalue weighted by Crippen LogP contribution is 2.23. The van der Waals surface area contributed by atoms with E-state index in [4.69, 9.17) is 16.8 Å². The summed E-state index contributed by atoms with van der Waals surface area (Å²) in [6, 6.07) is 11.4. The van der Waals surface area contributed by atoms with Gasteiger partial charge in [-0.15, -0.1) is 0 Å². The number of hydrogen-bond acceptors (Lipinski definition) is 4. The largest absolute Gasteiger partial charge is 0.316 e. The molecule has 150 valence electrons. The molecule has 2 aromatic rings. The van der Waals surface area contributed by atoms with Gasteiger partial charge in [0.2, 0.25) is 10.0 Å². The molecule has 0 fully saturated rings. The van der Waals surface area contributed by atoms with Crippen LogP contribution in [0.25, 0.3) is 0 Å². The zero-order valence-corrected chi connectivity index (χ0v) is 16.9. The molecular weight excluding hydrogens is 402 g/mol. The van der Waals surface area contributed by atoms with Crippen LogP contribution in [0.1, 0.15) is 24.0 Å². The van der Waals surface area contributed by atoms with Gasteiger partial charge < -0.3 is 0 Å². The van der Waals surface area contributed by atoms with Gasteiger partial charge in [-0.3, -0.25) is 4.90 Å². The van der Waals surface area contributed by atoms with Crippen molar-refractivity contribution < 1.29 is 18.5 Å². The first-order valence-electron chi connectivity index (χ1n) is 9.11. The highest BCUT2D eigenvalue weighted by molar-refractivity contribution is 7.89. The molecule has 1 aliphatic rings. The van der Waals surface area contributed by atoms with Gasteiger partial charge in [-0.1, -0.05) is 23.7 Å². The van der Waals surface area contributed by atoms with Crippen LogP contribution in [0.15, 0.2) is 47.4 Å². The molecule has 0 spiro atoms. The Kier molecular flexibility index (Phi) is 6.66. The van der Waals surface area contributed by atoms with Crippen LogP contribution in [0.4, 0.5) is 5.69 Å². The molecule has 7 nitrogen and oxygen atoms in total. The summed E-state index contributed by atoms with van der Waals surface area (Å²) in [5, 5.41) is 9.44. The van der Waals surface area contributed by atoms with E-state index in [1.807, 2.05) is 6.07 Å². The Morgan fingerprint density at radius 3 is 2.71 bits per heavy atom. The van der Waals surface area contributed by atoms with Crippen LogP contribution in [0.2, 0.25) is 5.02 Å². The molecule has 0 atom stereocenters. The maximum atomic E-state index is 12.2. The fourth-order valence-corrected chi connectivity index (χ4v) is 4.67. The summed E-state index contributed by atoms with van der Waals surface area (Å²) in [6.45, 7) is 2.83. The van der Waals surface area contributed by atoms with E-state index in [0.29, 0.717) is 24.5 Å². The normalized spacial score (nSPS) is 14.6. The van der Waals surface area contributed by atoms with Crippen LogP contribution in [-0.4, -0.2) is 43.1 Å². The molecule has 0 radical (unpaired) electrons. The van der Waals surface area contributed by atoms with Crippen LogP contribution in [0.3, 0.4) is 0 Å². The molecule has 0 saturated carbocycles. The zero-order valence-electron chi connectivity index (χ0n) is 15.3. The van der Waals surface area contributed by atoms with Gasteiger partial charge in [0.15, 0.2) is 0 Å². The van der Waals surface area contributed by atoms with Gasteiger partial charge in [0, 0.05) is 36.8 Å². The number of halogens is 1. The molecule has 9 heteroatoms. The number of unbranched alkanes of at least 4 members (excludes halogenated alkanes) is 1. The molecule has 2 N–H and O–H groups in total. The predicted molar refractivity (Wildman–Crippen MR) is 106 cm³/mol. The topological polar surface area (TPSA) is 89.7 Å². The van der Waals surface area contributed by atoms with Gasteiger partial charge in [0.25, 0.3) is 4.92 Å². The molecule has 28 heavy (non-hydrogen) atoms. The van der Waals surface area contributed by atoms with Gasteiger partial charge in [0.1, 0.15) is 0 Å². The van der Waals surface area contributed by atoms with Crippen LogP contribution in [-0.2, 0) is 23.0 Å². The summed E-state index contributed by atoms with van der Waals surface area (Å²) in [7, 11) is -3.55. The van der Waals surface area contributed by atoms with E-state index in [9.17, 15) is 13.3 Å². The molecule has 0 amide bonds. The van der Waals surface area contributed by atoms with Crippen LogP contribution >= 0.6 is 11.6 Å². The molecule has 3 rings (SSSR count). The fraction of sp³-hybridized carbons (Fsp3) is 0.368. The molecule has 1 aliphatic heterocycles. The Bertz CT molecular complexity index is 965. The maximum absolute atomic E-state index is 12.2. The van der Waals surface area contributed by atoms with E-state index in [-0.39, 0.29) is 15.5 Å². The van der Waals surface area contributed by atoms with Gasteiger partial charge >= 0.3 is 5.69 Å². The lowest BCUT2D eigenvalue weighted by molar-refractivity contribution is -0.729. The lowest BCUT2D eigenvalue weighted by Crippen LogP contribution is -2.32. The molecule has 0 aliphatic carbocycles. The minimum atomic E-state index is -3.55. The molecule has 1 heterocycles. The minimum Gasteiger partial charge on any atom is -0.299 e. The quantitative estimate of drug-likeness (QED) is 0.501. The molecule has 0 bridgehead atoms. The summed E-state index contributed by atoms with van der Waals surface area (Å²) < 4.78 is 27.1. The molecule has 0 saturated heterocycles. The number of rotatable bonds is 8. The highest BCUT2D eigenvalue weighted by Gasteiger charge is 2.20. The summed E-state index contributed by atoms with van der Waals surface area (Å²) in [4.78, 5) is 13.4. The van der Waals surface area contributed by atoms with Crippen molar-refractivity contribution in [1.82, 2.24) is 9.62 Å². The van der Waals surface area contributed by atoms with E-state index < -0.39 is 10.0 Å². The Hall–Kier alpha value is -2.00. The van der Waals surface area contributed by atoms with E-state index in [1.54, 1.807) is 24.3 Å². The second-order valence-electron chi connectivity index (χ2n) is 6.81. The summed E-state index contributed by atoms with van der Waals surface area (Å²) in [6.07, 6.45) is 2.45. The van der Waals surface area contributed by atoms with Crippen LogP contribution in [0.5, 0.6) is 0 Å². The summed E-state index contributed by atoms with van der Waals surface area (Å²) >= 11 is 5.85. The van der Waals surface area contributed by atoms with E-state index in [1.165, 1.54) is 17.7 Å². The Labute approximate surface area is 169 Å². The third-order valence-corrected chi connectivity index (χ3v) is 6.50. The molecule has 0 unspecified atom stereocenters. The van der Waals surface area contributed by atoms with Crippen molar-refractivity contribution in [2.24, 2.45) is 0 Å². The highest BCUT2D eigenvalue weighted by atomic mass is 35.5. The molecular formula is C19H23ClN3O4S+. The molecule has 0 aromatic heterocycles. The summed E-state index contributed by atoms with van der Waals surface area (Å²) in [5.74, 6) is 0. The van der Waals surface area contributed by atoms with Crippen molar-refractivity contribution in [2.75, 3.05) is 19.6 Å². The summed E-state index contributed by atoms with van der Waals surface area (Å²) in [5.41, 5.74) is 2.47. The van der Waals surface area contributed by atoms with Gasteiger partial charge in [-0.25, -0.2) is 18.3 Å². The van der Waals surface area contributed by atoms with Crippen molar-refractivity contribution in [2.45, 2.75) is 30.7 Å². The standard InChI is InChI=1S/C19H23ClN3O4S/c20-17-4-3-5-19(13-17)28(26,27)21-9-1-2-10-22-11-8-15-6-7-18(23(24)25)12-16(15)14-22/h3-7,12-13,21H,1-2,8-11,14H2,(H,24,25)/q+1. The number of nitrogens with one attached hydrogen (secondary N) is 1. The third-order valence-electron chi connectivity index (χ3n) is 4.80. The fourth-order valence-electron chi connectivity index (χ4n) is 3.30. The van der Waals surface area contributed by atoms with Crippen LogP contribution in [0, 0.1) is 4.91 Å². The number of hydrogen-bond donors (Lipinski definition) is 2. The van der Waals surface area contributed by atoms with Crippen molar-refractivity contribution in [3.05, 3.63) is 63.5 Å². The third kappa shape index (κ3) is 5.29. The lowest BCUT2D eigenvalue weighted by Gasteiger charge is -2.28. The second-order valence-corrected chi connectivity index (χ2v) is 9.02. The van der Waals surface area contributed by atoms with Crippen molar-refractivity contribution in [3.63, 3.8) is 0 Å². The monoisotopic (exact) mass is 424 g/mol.